The van der Waals surface area contributed by atoms with Crippen LogP contribution in [0, 0.1) is 12.7 Å². The largest absolute Gasteiger partial charge is 0.497 e. The number of methoxy groups -OCH3 is 1. The monoisotopic (exact) mass is 368 g/mol. The zero-order valence-corrected chi connectivity index (χ0v) is 15.7. The molecule has 0 aliphatic rings. The fourth-order valence-electron chi connectivity index (χ4n) is 2.75. The highest BCUT2D eigenvalue weighted by molar-refractivity contribution is 5.90. The first-order valence-corrected chi connectivity index (χ1v) is 8.51. The number of ether oxygens (including phenoxy) is 1. The molecule has 0 bridgehead atoms. The number of aryl methyl sites for hydroxylation is 1. The second-order valence-electron chi connectivity index (χ2n) is 6.24. The van der Waals surface area contributed by atoms with Gasteiger partial charge >= 0.3 is 0 Å². The van der Waals surface area contributed by atoms with Crippen LogP contribution in [-0.4, -0.2) is 39.7 Å². The molecule has 0 saturated heterocycles. The maximum absolute atomic E-state index is 13.1. The Kier molecular flexibility index (Phi) is 5.21. The van der Waals surface area contributed by atoms with Crippen LogP contribution < -0.4 is 4.74 Å². The second-order valence-corrected chi connectivity index (χ2v) is 6.24. The Hall–Kier alpha value is -3.22. The first-order chi connectivity index (χ1) is 12.9. The van der Waals surface area contributed by atoms with E-state index in [9.17, 15) is 9.18 Å². The molecule has 0 fully saturated rings. The first kappa shape index (κ1) is 18.6. The van der Waals surface area contributed by atoms with E-state index in [-0.39, 0.29) is 23.6 Å². The summed E-state index contributed by atoms with van der Waals surface area (Å²) in [6.07, 6.45) is 0. The standard InChI is InChI=1S/C20H21FN4O2/c1-13(15-5-11-18(27-4)12-6-15)24(3)20(26)19-22-14(2)25(23-19)17-9-7-16(21)8-10-17/h5-13H,1-4H3. The van der Waals surface area contributed by atoms with Gasteiger partial charge in [0.05, 0.1) is 18.8 Å². The van der Waals surface area contributed by atoms with Gasteiger partial charge < -0.3 is 9.64 Å². The molecule has 1 amide bonds. The Balaban J connectivity index is 1.82. The van der Waals surface area contributed by atoms with Gasteiger partial charge in [0, 0.05) is 7.05 Å². The lowest BCUT2D eigenvalue weighted by Gasteiger charge is -2.24. The van der Waals surface area contributed by atoms with Crippen molar-refractivity contribution in [3.05, 3.63) is 71.6 Å². The van der Waals surface area contributed by atoms with Crippen molar-refractivity contribution in [3.8, 4) is 11.4 Å². The van der Waals surface area contributed by atoms with Crippen LogP contribution in [-0.2, 0) is 0 Å². The van der Waals surface area contributed by atoms with Gasteiger partial charge in [0.25, 0.3) is 5.91 Å². The minimum atomic E-state index is -0.333. The van der Waals surface area contributed by atoms with Gasteiger partial charge in [0.2, 0.25) is 5.82 Å². The summed E-state index contributed by atoms with van der Waals surface area (Å²) in [5, 5.41) is 4.31. The molecule has 0 aliphatic heterocycles. The Morgan fingerprint density at radius 2 is 1.78 bits per heavy atom. The summed E-state index contributed by atoms with van der Waals surface area (Å²) in [5.41, 5.74) is 1.62. The molecule has 0 saturated carbocycles. The van der Waals surface area contributed by atoms with E-state index in [1.165, 1.54) is 16.8 Å². The third-order valence-electron chi connectivity index (χ3n) is 4.53. The highest BCUT2D eigenvalue weighted by atomic mass is 19.1. The molecule has 140 valence electrons. The average Bonchev–Trinajstić information content (AvgIpc) is 3.08. The van der Waals surface area contributed by atoms with E-state index in [0.29, 0.717) is 11.5 Å². The summed E-state index contributed by atoms with van der Waals surface area (Å²) in [7, 11) is 3.32. The number of hydrogen-bond acceptors (Lipinski definition) is 4. The van der Waals surface area contributed by atoms with Crippen LogP contribution in [0.5, 0.6) is 5.75 Å². The van der Waals surface area contributed by atoms with E-state index >= 15 is 0 Å². The number of benzene rings is 2. The number of aromatic nitrogens is 3. The molecule has 0 aliphatic carbocycles. The van der Waals surface area contributed by atoms with Gasteiger partial charge in [-0.2, -0.15) is 0 Å². The summed E-state index contributed by atoms with van der Waals surface area (Å²) in [6, 6.07) is 13.3. The summed E-state index contributed by atoms with van der Waals surface area (Å²) in [4.78, 5) is 18.7. The predicted octanol–water partition coefficient (Wildman–Crippen LogP) is 3.56. The Morgan fingerprint density at radius 3 is 2.37 bits per heavy atom. The van der Waals surface area contributed by atoms with Crippen molar-refractivity contribution in [1.29, 1.82) is 0 Å². The molecule has 0 radical (unpaired) electrons. The van der Waals surface area contributed by atoms with Crippen LogP contribution in [0.2, 0.25) is 0 Å². The van der Waals surface area contributed by atoms with Gasteiger partial charge in [-0.25, -0.2) is 14.1 Å². The van der Waals surface area contributed by atoms with E-state index in [2.05, 4.69) is 10.1 Å². The van der Waals surface area contributed by atoms with Crippen molar-refractivity contribution in [2.45, 2.75) is 19.9 Å². The molecule has 3 aromatic rings. The molecule has 1 aromatic heterocycles. The van der Waals surface area contributed by atoms with E-state index in [0.717, 1.165) is 11.3 Å². The molecular weight excluding hydrogens is 347 g/mol. The Labute approximate surface area is 157 Å². The third-order valence-corrected chi connectivity index (χ3v) is 4.53. The van der Waals surface area contributed by atoms with Crippen molar-refractivity contribution in [2.75, 3.05) is 14.2 Å². The molecule has 3 rings (SSSR count). The minimum absolute atomic E-state index is 0.0969. The number of carbonyl (C=O) groups excluding carboxylic acids is 1. The number of rotatable bonds is 5. The smallest absolute Gasteiger partial charge is 0.293 e. The Morgan fingerprint density at radius 1 is 1.15 bits per heavy atom. The van der Waals surface area contributed by atoms with Crippen molar-refractivity contribution in [1.82, 2.24) is 19.7 Å². The van der Waals surface area contributed by atoms with E-state index < -0.39 is 0 Å². The number of amides is 1. The maximum Gasteiger partial charge on any atom is 0.293 e. The highest BCUT2D eigenvalue weighted by Crippen LogP contribution is 2.23. The zero-order chi connectivity index (χ0) is 19.6. The van der Waals surface area contributed by atoms with Gasteiger partial charge in [-0.05, 0) is 55.8 Å². The first-order valence-electron chi connectivity index (χ1n) is 8.51. The fourth-order valence-corrected chi connectivity index (χ4v) is 2.75. The van der Waals surface area contributed by atoms with Crippen LogP contribution in [0.4, 0.5) is 4.39 Å². The number of nitrogens with zero attached hydrogens (tertiary/aromatic N) is 4. The minimum Gasteiger partial charge on any atom is -0.497 e. The van der Waals surface area contributed by atoms with Crippen molar-refractivity contribution in [3.63, 3.8) is 0 Å². The highest BCUT2D eigenvalue weighted by Gasteiger charge is 2.23. The molecule has 2 aromatic carbocycles. The lowest BCUT2D eigenvalue weighted by Crippen LogP contribution is -2.30. The molecule has 1 unspecified atom stereocenters. The van der Waals surface area contributed by atoms with Crippen molar-refractivity contribution < 1.29 is 13.9 Å². The summed E-state index contributed by atoms with van der Waals surface area (Å²) in [5.74, 6) is 0.786. The fraction of sp³-hybridized carbons (Fsp3) is 0.250. The summed E-state index contributed by atoms with van der Waals surface area (Å²) < 4.78 is 19.8. The quantitative estimate of drug-likeness (QED) is 0.691. The topological polar surface area (TPSA) is 60.2 Å². The molecule has 6 nitrogen and oxygen atoms in total. The maximum atomic E-state index is 13.1. The van der Waals surface area contributed by atoms with E-state index in [4.69, 9.17) is 4.74 Å². The van der Waals surface area contributed by atoms with Gasteiger partial charge in [-0.3, -0.25) is 4.79 Å². The van der Waals surface area contributed by atoms with Crippen molar-refractivity contribution >= 4 is 5.91 Å². The normalized spacial score (nSPS) is 11.9. The lowest BCUT2D eigenvalue weighted by molar-refractivity contribution is 0.0730. The number of hydrogen-bond donors (Lipinski definition) is 0. The van der Waals surface area contributed by atoms with Crippen LogP contribution in [0.15, 0.2) is 48.5 Å². The molecular formula is C20H21FN4O2. The van der Waals surface area contributed by atoms with Gasteiger partial charge in [-0.15, -0.1) is 5.10 Å². The number of halogens is 1. The van der Waals surface area contributed by atoms with Crippen LogP contribution >= 0.6 is 0 Å². The summed E-state index contributed by atoms with van der Waals surface area (Å²) in [6.45, 7) is 3.68. The van der Waals surface area contributed by atoms with Crippen LogP contribution in [0.3, 0.4) is 0 Å². The molecule has 27 heavy (non-hydrogen) atoms. The van der Waals surface area contributed by atoms with Crippen molar-refractivity contribution in [2.24, 2.45) is 0 Å². The van der Waals surface area contributed by atoms with Crippen LogP contribution in [0.25, 0.3) is 5.69 Å². The van der Waals surface area contributed by atoms with Crippen LogP contribution in [0.1, 0.15) is 35.0 Å². The van der Waals surface area contributed by atoms with E-state index in [1.54, 1.807) is 38.1 Å². The predicted molar refractivity (Wildman–Crippen MR) is 99.6 cm³/mol. The van der Waals surface area contributed by atoms with Gasteiger partial charge in [0.15, 0.2) is 0 Å². The second kappa shape index (κ2) is 7.57. The molecule has 0 N–H and O–H groups in total. The average molecular weight is 368 g/mol. The van der Waals surface area contributed by atoms with Gasteiger partial charge in [-0.1, -0.05) is 12.1 Å². The Bertz CT molecular complexity index is 936. The molecule has 0 spiro atoms. The molecule has 1 heterocycles. The third kappa shape index (κ3) is 3.81. The lowest BCUT2D eigenvalue weighted by atomic mass is 10.1. The zero-order valence-electron chi connectivity index (χ0n) is 15.7. The SMILES string of the molecule is COc1ccc(C(C)N(C)C(=O)c2nc(C)n(-c3ccc(F)cc3)n2)cc1. The number of carbonyl (C=O) groups is 1. The molecule has 7 heteroatoms. The van der Waals surface area contributed by atoms with Gasteiger partial charge in [0.1, 0.15) is 17.4 Å². The summed E-state index contributed by atoms with van der Waals surface area (Å²) >= 11 is 0. The molecule has 1 atom stereocenters. The van der Waals surface area contributed by atoms with E-state index in [1.807, 2.05) is 31.2 Å².